The Hall–Kier alpha value is -1.79. The van der Waals surface area contributed by atoms with E-state index in [9.17, 15) is 0 Å². The summed E-state index contributed by atoms with van der Waals surface area (Å²) in [6, 6.07) is 13.8. The topological polar surface area (TPSA) is 62.8 Å². The molecular weight excluding hydrogens is 352 g/mol. The van der Waals surface area contributed by atoms with Gasteiger partial charge in [0.05, 0.1) is 18.7 Å². The molecule has 2 aromatic carbocycles. The molecule has 0 saturated carbocycles. The van der Waals surface area contributed by atoms with E-state index in [0.717, 1.165) is 30.6 Å². The normalized spacial score (nSPS) is 10.7. The summed E-state index contributed by atoms with van der Waals surface area (Å²) in [5, 5.41) is 15.8. The Morgan fingerprint density at radius 2 is 1.77 bits per heavy atom. The van der Waals surface area contributed by atoms with Gasteiger partial charge in [-0.05, 0) is 42.8 Å². The van der Waals surface area contributed by atoms with Crippen LogP contribution in [0.15, 0.2) is 42.5 Å². The third-order valence-electron chi connectivity index (χ3n) is 3.84. The van der Waals surface area contributed by atoms with Crippen molar-refractivity contribution in [3.05, 3.63) is 58.6 Å². The lowest BCUT2D eigenvalue weighted by Crippen LogP contribution is -2.23. The summed E-state index contributed by atoms with van der Waals surface area (Å²) >= 11 is 6.41. The lowest BCUT2D eigenvalue weighted by atomic mass is 10.2. The van der Waals surface area contributed by atoms with Crippen LogP contribution in [0, 0.1) is 0 Å². The van der Waals surface area contributed by atoms with Crippen molar-refractivity contribution in [3.8, 4) is 11.5 Å². The van der Waals surface area contributed by atoms with Crippen LogP contribution >= 0.6 is 11.6 Å². The first kappa shape index (κ1) is 20.5. The number of aliphatic hydroxyl groups excluding tert-OH is 1. The zero-order valence-corrected chi connectivity index (χ0v) is 15.9. The fourth-order valence-electron chi connectivity index (χ4n) is 2.52. The van der Waals surface area contributed by atoms with Crippen molar-refractivity contribution in [1.29, 1.82) is 0 Å². The molecule has 0 aliphatic rings. The largest absolute Gasteiger partial charge is 0.493 e. The average Bonchev–Trinajstić information content (AvgIpc) is 2.67. The van der Waals surface area contributed by atoms with Crippen molar-refractivity contribution in [1.82, 2.24) is 10.6 Å². The monoisotopic (exact) mass is 378 g/mol. The van der Waals surface area contributed by atoms with Crippen LogP contribution in [0.25, 0.3) is 0 Å². The zero-order chi connectivity index (χ0) is 18.6. The van der Waals surface area contributed by atoms with Gasteiger partial charge in [0, 0.05) is 13.1 Å². The fraction of sp³-hybridized carbons (Fsp3) is 0.400. The molecule has 0 radical (unpaired) electrons. The van der Waals surface area contributed by atoms with Crippen LogP contribution in [-0.4, -0.2) is 38.5 Å². The smallest absolute Gasteiger partial charge is 0.180 e. The van der Waals surface area contributed by atoms with Gasteiger partial charge in [0.2, 0.25) is 0 Å². The van der Waals surface area contributed by atoms with E-state index in [1.165, 1.54) is 0 Å². The second-order valence-corrected chi connectivity index (χ2v) is 6.29. The zero-order valence-electron chi connectivity index (χ0n) is 15.1. The van der Waals surface area contributed by atoms with Gasteiger partial charge in [0.25, 0.3) is 0 Å². The minimum Gasteiger partial charge on any atom is -0.493 e. The van der Waals surface area contributed by atoms with Crippen molar-refractivity contribution in [2.24, 2.45) is 0 Å². The van der Waals surface area contributed by atoms with Crippen LogP contribution in [0.4, 0.5) is 0 Å². The molecule has 0 fully saturated rings. The summed E-state index contributed by atoms with van der Waals surface area (Å²) < 4.78 is 11.3. The molecule has 0 aliphatic heterocycles. The SMILES string of the molecule is COc1cc(CNCCCNCCO)cc(Cl)c1OCc1ccccc1. The van der Waals surface area contributed by atoms with Gasteiger partial charge in [-0.1, -0.05) is 41.9 Å². The number of rotatable bonds is 12. The molecule has 2 aromatic rings. The number of methoxy groups -OCH3 is 1. The molecule has 3 N–H and O–H groups in total. The van der Waals surface area contributed by atoms with E-state index >= 15 is 0 Å². The third-order valence-corrected chi connectivity index (χ3v) is 4.12. The molecule has 0 saturated heterocycles. The van der Waals surface area contributed by atoms with Gasteiger partial charge in [0.1, 0.15) is 6.61 Å². The van der Waals surface area contributed by atoms with E-state index < -0.39 is 0 Å². The van der Waals surface area contributed by atoms with Crippen molar-refractivity contribution >= 4 is 11.6 Å². The number of nitrogens with one attached hydrogen (secondary N) is 2. The molecule has 5 nitrogen and oxygen atoms in total. The summed E-state index contributed by atoms with van der Waals surface area (Å²) in [6.07, 6.45) is 0.989. The maximum Gasteiger partial charge on any atom is 0.180 e. The Morgan fingerprint density at radius 1 is 1.00 bits per heavy atom. The van der Waals surface area contributed by atoms with Crippen LogP contribution in [0.1, 0.15) is 17.5 Å². The molecule has 0 amide bonds. The summed E-state index contributed by atoms with van der Waals surface area (Å²) in [6.45, 7) is 3.71. The molecule has 26 heavy (non-hydrogen) atoms. The Bertz CT molecular complexity index is 653. The quantitative estimate of drug-likeness (QED) is 0.495. The molecule has 0 heterocycles. The number of ether oxygens (including phenoxy) is 2. The van der Waals surface area contributed by atoms with Crippen molar-refractivity contribution in [2.45, 2.75) is 19.6 Å². The summed E-state index contributed by atoms with van der Waals surface area (Å²) in [7, 11) is 1.62. The van der Waals surface area contributed by atoms with E-state index in [1.807, 2.05) is 42.5 Å². The third kappa shape index (κ3) is 6.84. The van der Waals surface area contributed by atoms with Gasteiger partial charge in [-0.2, -0.15) is 0 Å². The standard InChI is InChI=1S/C20H27ClN2O3/c1-25-19-13-17(14-23-9-5-8-22-10-11-24)12-18(21)20(19)26-15-16-6-3-2-4-7-16/h2-4,6-7,12-13,22-24H,5,8-11,14-15H2,1H3. The first-order valence-corrected chi connectivity index (χ1v) is 9.18. The second-order valence-electron chi connectivity index (χ2n) is 5.89. The van der Waals surface area contributed by atoms with Gasteiger partial charge in [-0.15, -0.1) is 0 Å². The lowest BCUT2D eigenvalue weighted by Gasteiger charge is -2.15. The molecule has 6 heteroatoms. The van der Waals surface area contributed by atoms with Gasteiger partial charge >= 0.3 is 0 Å². The van der Waals surface area contributed by atoms with E-state index in [0.29, 0.717) is 36.2 Å². The first-order valence-electron chi connectivity index (χ1n) is 8.80. The minimum atomic E-state index is 0.171. The number of halogens is 1. The van der Waals surface area contributed by atoms with Gasteiger partial charge in [-0.25, -0.2) is 0 Å². The Morgan fingerprint density at radius 3 is 2.50 bits per heavy atom. The lowest BCUT2D eigenvalue weighted by molar-refractivity contribution is 0.284. The van der Waals surface area contributed by atoms with Crippen molar-refractivity contribution < 1.29 is 14.6 Å². The van der Waals surface area contributed by atoms with Gasteiger partial charge in [-0.3, -0.25) is 0 Å². The van der Waals surface area contributed by atoms with Crippen molar-refractivity contribution in [2.75, 3.05) is 33.4 Å². The van der Waals surface area contributed by atoms with Gasteiger partial charge in [0.15, 0.2) is 11.5 Å². The highest BCUT2D eigenvalue weighted by molar-refractivity contribution is 6.32. The Labute approximate surface area is 160 Å². The highest BCUT2D eigenvalue weighted by Gasteiger charge is 2.12. The van der Waals surface area contributed by atoms with Crippen LogP contribution in [0.3, 0.4) is 0 Å². The van der Waals surface area contributed by atoms with Crippen LogP contribution < -0.4 is 20.1 Å². The van der Waals surface area contributed by atoms with Crippen LogP contribution in [0.2, 0.25) is 5.02 Å². The highest BCUT2D eigenvalue weighted by Crippen LogP contribution is 2.37. The molecule has 0 bridgehead atoms. The highest BCUT2D eigenvalue weighted by atomic mass is 35.5. The first-order chi connectivity index (χ1) is 12.7. The van der Waals surface area contributed by atoms with Crippen LogP contribution in [-0.2, 0) is 13.2 Å². The van der Waals surface area contributed by atoms with Crippen molar-refractivity contribution in [3.63, 3.8) is 0 Å². The number of aliphatic hydroxyl groups is 1. The summed E-state index contributed by atoms with van der Waals surface area (Å²) in [5.41, 5.74) is 2.12. The Kier molecular flexibility index (Phi) is 9.28. The molecule has 0 atom stereocenters. The molecule has 0 aromatic heterocycles. The number of hydrogen-bond donors (Lipinski definition) is 3. The summed E-state index contributed by atoms with van der Waals surface area (Å²) in [5.74, 6) is 1.20. The van der Waals surface area contributed by atoms with E-state index in [4.69, 9.17) is 26.2 Å². The predicted octanol–water partition coefficient (Wildman–Crippen LogP) is 2.99. The predicted molar refractivity (Wildman–Crippen MR) is 105 cm³/mol. The Balaban J connectivity index is 1.87. The number of hydrogen-bond acceptors (Lipinski definition) is 5. The van der Waals surface area contributed by atoms with Crippen LogP contribution in [0.5, 0.6) is 11.5 Å². The minimum absolute atomic E-state index is 0.171. The molecule has 142 valence electrons. The molecule has 0 aliphatic carbocycles. The maximum absolute atomic E-state index is 8.71. The molecule has 2 rings (SSSR count). The van der Waals surface area contributed by atoms with Gasteiger partial charge < -0.3 is 25.2 Å². The van der Waals surface area contributed by atoms with E-state index in [1.54, 1.807) is 7.11 Å². The molecule has 0 unspecified atom stereocenters. The molecular formula is C20H27ClN2O3. The fourth-order valence-corrected chi connectivity index (χ4v) is 2.81. The average molecular weight is 379 g/mol. The van der Waals surface area contributed by atoms with E-state index in [2.05, 4.69) is 10.6 Å². The maximum atomic E-state index is 8.71. The number of benzene rings is 2. The van der Waals surface area contributed by atoms with E-state index in [-0.39, 0.29) is 6.61 Å². The second kappa shape index (κ2) is 11.8. The molecule has 0 spiro atoms. The summed E-state index contributed by atoms with van der Waals surface area (Å²) in [4.78, 5) is 0.